The summed E-state index contributed by atoms with van der Waals surface area (Å²) in [5.41, 5.74) is -0.517. The standard InChI is InChI=1S/C16H20O3/c17-14-15(9-5-11-19-14)8-4-10-16(15,18)12-13-6-2-1-3-7-13/h1-3,6-7,18H,4-5,8-12H2/t15-,16+/m1/s1. The molecular weight excluding hydrogens is 240 g/mol. The Kier molecular flexibility index (Phi) is 3.09. The van der Waals surface area contributed by atoms with E-state index < -0.39 is 11.0 Å². The molecule has 3 nitrogen and oxygen atoms in total. The van der Waals surface area contributed by atoms with Gasteiger partial charge in [-0.05, 0) is 37.7 Å². The van der Waals surface area contributed by atoms with Gasteiger partial charge in [0.15, 0.2) is 0 Å². The van der Waals surface area contributed by atoms with E-state index in [-0.39, 0.29) is 5.97 Å². The van der Waals surface area contributed by atoms with Crippen molar-refractivity contribution in [3.8, 4) is 0 Å². The van der Waals surface area contributed by atoms with E-state index in [9.17, 15) is 9.90 Å². The summed E-state index contributed by atoms with van der Waals surface area (Å²) in [4.78, 5) is 12.2. The van der Waals surface area contributed by atoms with Crippen LogP contribution in [0.5, 0.6) is 0 Å². The van der Waals surface area contributed by atoms with Crippen LogP contribution in [0.4, 0.5) is 0 Å². The maximum atomic E-state index is 12.2. The topological polar surface area (TPSA) is 46.5 Å². The summed E-state index contributed by atoms with van der Waals surface area (Å²) in [5, 5.41) is 11.1. The first-order chi connectivity index (χ1) is 9.16. The van der Waals surface area contributed by atoms with Crippen LogP contribution in [0.2, 0.25) is 0 Å². The Bertz CT molecular complexity index is 470. The average molecular weight is 260 g/mol. The molecule has 0 radical (unpaired) electrons. The Morgan fingerprint density at radius 3 is 2.58 bits per heavy atom. The lowest BCUT2D eigenvalue weighted by molar-refractivity contribution is -0.180. The predicted molar refractivity (Wildman–Crippen MR) is 71.6 cm³/mol. The molecule has 0 unspecified atom stereocenters. The molecule has 1 aromatic carbocycles. The summed E-state index contributed by atoms with van der Waals surface area (Å²) in [6.07, 6.45) is 4.52. The molecule has 1 aliphatic heterocycles. The number of benzene rings is 1. The van der Waals surface area contributed by atoms with Crippen molar-refractivity contribution in [2.45, 2.75) is 44.1 Å². The Morgan fingerprint density at radius 1 is 1.11 bits per heavy atom. The van der Waals surface area contributed by atoms with E-state index in [1.54, 1.807) is 0 Å². The molecule has 0 amide bonds. The summed E-state index contributed by atoms with van der Waals surface area (Å²) in [5.74, 6) is -0.185. The van der Waals surface area contributed by atoms with Crippen molar-refractivity contribution in [3.05, 3.63) is 35.9 Å². The second kappa shape index (κ2) is 4.64. The third kappa shape index (κ3) is 1.96. The molecule has 1 aromatic rings. The number of rotatable bonds is 2. The normalized spacial score (nSPS) is 34.5. The number of esters is 1. The fourth-order valence-corrected chi connectivity index (χ4v) is 3.77. The first kappa shape index (κ1) is 12.7. The van der Waals surface area contributed by atoms with E-state index in [0.29, 0.717) is 19.4 Å². The van der Waals surface area contributed by atoms with Gasteiger partial charge in [-0.3, -0.25) is 4.79 Å². The first-order valence-electron chi connectivity index (χ1n) is 7.10. The zero-order chi connectivity index (χ0) is 13.3. The van der Waals surface area contributed by atoms with Crippen molar-refractivity contribution in [1.82, 2.24) is 0 Å². The van der Waals surface area contributed by atoms with Gasteiger partial charge in [-0.25, -0.2) is 0 Å². The molecule has 1 N–H and O–H groups in total. The summed E-state index contributed by atoms with van der Waals surface area (Å²) >= 11 is 0. The van der Waals surface area contributed by atoms with Gasteiger partial charge in [-0.2, -0.15) is 0 Å². The lowest BCUT2D eigenvalue weighted by Crippen LogP contribution is -2.53. The van der Waals surface area contributed by atoms with Crippen LogP contribution in [-0.4, -0.2) is 23.3 Å². The van der Waals surface area contributed by atoms with Gasteiger partial charge < -0.3 is 9.84 Å². The fourth-order valence-electron chi connectivity index (χ4n) is 3.77. The number of ether oxygens (including phenoxy) is 1. The second-order valence-electron chi connectivity index (χ2n) is 5.87. The van der Waals surface area contributed by atoms with Gasteiger partial charge in [-0.15, -0.1) is 0 Å². The van der Waals surface area contributed by atoms with Crippen LogP contribution >= 0.6 is 0 Å². The van der Waals surface area contributed by atoms with Crippen molar-refractivity contribution < 1.29 is 14.6 Å². The molecule has 2 atom stereocenters. The minimum atomic E-state index is -0.939. The number of aliphatic hydroxyl groups is 1. The minimum absolute atomic E-state index is 0.185. The second-order valence-corrected chi connectivity index (χ2v) is 5.87. The van der Waals surface area contributed by atoms with Crippen molar-refractivity contribution in [3.63, 3.8) is 0 Å². The van der Waals surface area contributed by atoms with E-state index in [0.717, 1.165) is 31.2 Å². The molecule has 1 saturated heterocycles. The summed E-state index contributed by atoms with van der Waals surface area (Å²) in [6.45, 7) is 0.502. The van der Waals surface area contributed by atoms with Gasteiger partial charge in [0, 0.05) is 6.42 Å². The SMILES string of the molecule is O=C1OCCC[C@]12CCC[C@]2(O)Cc1ccccc1. The van der Waals surface area contributed by atoms with Gasteiger partial charge in [0.1, 0.15) is 0 Å². The number of carbonyl (C=O) groups is 1. The van der Waals surface area contributed by atoms with Gasteiger partial charge in [0.05, 0.1) is 17.6 Å². The van der Waals surface area contributed by atoms with Crippen molar-refractivity contribution in [2.24, 2.45) is 5.41 Å². The van der Waals surface area contributed by atoms with Crippen LogP contribution in [0.1, 0.15) is 37.7 Å². The number of hydrogen-bond donors (Lipinski definition) is 1. The van der Waals surface area contributed by atoms with E-state index in [1.807, 2.05) is 30.3 Å². The highest BCUT2D eigenvalue weighted by molar-refractivity contribution is 5.79. The first-order valence-corrected chi connectivity index (χ1v) is 7.10. The van der Waals surface area contributed by atoms with Crippen LogP contribution < -0.4 is 0 Å². The monoisotopic (exact) mass is 260 g/mol. The molecule has 3 rings (SSSR count). The van der Waals surface area contributed by atoms with E-state index >= 15 is 0 Å². The highest BCUT2D eigenvalue weighted by atomic mass is 16.5. The van der Waals surface area contributed by atoms with Gasteiger partial charge in [0.25, 0.3) is 0 Å². The maximum absolute atomic E-state index is 12.2. The van der Waals surface area contributed by atoms with Crippen molar-refractivity contribution >= 4 is 5.97 Å². The summed E-state index contributed by atoms with van der Waals surface area (Å²) in [6, 6.07) is 9.93. The Balaban J connectivity index is 1.91. The molecule has 2 aliphatic rings. The lowest BCUT2D eigenvalue weighted by Gasteiger charge is -2.42. The highest BCUT2D eigenvalue weighted by Crippen LogP contribution is 2.53. The van der Waals surface area contributed by atoms with Crippen LogP contribution in [0.3, 0.4) is 0 Å². The maximum Gasteiger partial charge on any atom is 0.315 e. The highest BCUT2D eigenvalue weighted by Gasteiger charge is 2.60. The molecule has 1 aliphatic carbocycles. The Labute approximate surface area is 113 Å². The van der Waals surface area contributed by atoms with E-state index in [2.05, 4.69) is 0 Å². The molecule has 2 fully saturated rings. The number of hydrogen-bond acceptors (Lipinski definition) is 3. The molecule has 0 aromatic heterocycles. The Morgan fingerprint density at radius 2 is 1.84 bits per heavy atom. The van der Waals surface area contributed by atoms with Crippen molar-refractivity contribution in [2.75, 3.05) is 6.61 Å². The molecule has 0 bridgehead atoms. The van der Waals surface area contributed by atoms with Crippen LogP contribution in [-0.2, 0) is 16.0 Å². The van der Waals surface area contributed by atoms with Gasteiger partial charge in [0.2, 0.25) is 0 Å². The van der Waals surface area contributed by atoms with Crippen LogP contribution in [0, 0.1) is 5.41 Å². The van der Waals surface area contributed by atoms with Gasteiger partial charge >= 0.3 is 5.97 Å². The fraction of sp³-hybridized carbons (Fsp3) is 0.562. The molecule has 3 heteroatoms. The lowest BCUT2D eigenvalue weighted by atomic mass is 9.68. The smallest absolute Gasteiger partial charge is 0.315 e. The molecule has 102 valence electrons. The average Bonchev–Trinajstić information content (AvgIpc) is 2.72. The molecule has 19 heavy (non-hydrogen) atoms. The van der Waals surface area contributed by atoms with Crippen LogP contribution in [0.15, 0.2) is 30.3 Å². The largest absolute Gasteiger partial charge is 0.465 e. The molecule has 1 spiro atoms. The quantitative estimate of drug-likeness (QED) is 0.831. The predicted octanol–water partition coefficient (Wildman–Crippen LogP) is 2.47. The van der Waals surface area contributed by atoms with E-state index in [1.165, 1.54) is 0 Å². The number of cyclic esters (lactones) is 1. The van der Waals surface area contributed by atoms with Crippen molar-refractivity contribution in [1.29, 1.82) is 0 Å². The Hall–Kier alpha value is -1.35. The number of carbonyl (C=O) groups excluding carboxylic acids is 1. The zero-order valence-corrected chi connectivity index (χ0v) is 11.1. The summed E-state index contributed by atoms with van der Waals surface area (Å²) < 4.78 is 5.25. The molecule has 1 heterocycles. The zero-order valence-electron chi connectivity index (χ0n) is 11.1. The molecular formula is C16H20O3. The summed E-state index contributed by atoms with van der Waals surface area (Å²) in [7, 11) is 0. The van der Waals surface area contributed by atoms with E-state index in [4.69, 9.17) is 4.74 Å². The van der Waals surface area contributed by atoms with Gasteiger partial charge in [-0.1, -0.05) is 30.3 Å². The third-order valence-corrected chi connectivity index (χ3v) is 4.80. The van der Waals surface area contributed by atoms with Crippen LogP contribution in [0.25, 0.3) is 0 Å². The molecule has 1 saturated carbocycles. The minimum Gasteiger partial charge on any atom is -0.465 e. The third-order valence-electron chi connectivity index (χ3n) is 4.80.